The molecule has 0 spiro atoms. The van der Waals surface area contributed by atoms with E-state index in [-0.39, 0.29) is 57.5 Å². The van der Waals surface area contributed by atoms with E-state index in [0.29, 0.717) is 5.92 Å². The van der Waals surface area contributed by atoms with Crippen LogP contribution in [0.1, 0.15) is 38.3 Å². The molecule has 1 rings (SSSR count). The van der Waals surface area contributed by atoms with Gasteiger partial charge < -0.3 is 53.6 Å². The zero-order valence-corrected chi connectivity index (χ0v) is 13.2. The standard InChI is InChI=1S/C11H17N.2ClH.2H2O.Ti/c1-3-6-10(7-4-2)11-8-5-9-12-11;;;;;/h3-5,8-10,12H,6-7H2,1-2H3;2*1H;2*1H2;/q-2;;;;;+4/p-2. The molecule has 0 saturated carbocycles. The topological polar surface area (TPSA) is 78.8 Å². The third-order valence-corrected chi connectivity index (χ3v) is 2.10. The molecule has 3 nitrogen and oxygen atoms in total. The van der Waals surface area contributed by atoms with Gasteiger partial charge in [-0.15, -0.1) is 0 Å². The number of aromatic amines is 1. The summed E-state index contributed by atoms with van der Waals surface area (Å²) in [6, 6.07) is 4.23. The fourth-order valence-corrected chi connectivity index (χ4v) is 1.52. The first-order valence-corrected chi connectivity index (χ1v) is 4.57. The van der Waals surface area contributed by atoms with Gasteiger partial charge >= 0.3 is 21.7 Å². The van der Waals surface area contributed by atoms with Gasteiger partial charge in [0, 0.05) is 11.9 Å². The summed E-state index contributed by atoms with van der Waals surface area (Å²) in [7, 11) is 0. The second kappa shape index (κ2) is 18.8. The van der Waals surface area contributed by atoms with E-state index in [0.717, 1.165) is 12.8 Å². The molecule has 1 aromatic rings. The van der Waals surface area contributed by atoms with E-state index in [9.17, 15) is 0 Å². The molecule has 0 atom stereocenters. The van der Waals surface area contributed by atoms with Crippen molar-refractivity contribution in [3.05, 3.63) is 36.9 Å². The van der Waals surface area contributed by atoms with Crippen molar-refractivity contribution in [3.63, 3.8) is 0 Å². The number of rotatable bonds is 5. The van der Waals surface area contributed by atoms with Crippen molar-refractivity contribution in [1.29, 1.82) is 0 Å². The van der Waals surface area contributed by atoms with Gasteiger partial charge in [-0.25, -0.2) is 0 Å². The largest absolute Gasteiger partial charge is 4.00 e. The minimum atomic E-state index is 0. The summed E-state index contributed by atoms with van der Waals surface area (Å²) in [5.41, 5.74) is 1.35. The smallest absolute Gasteiger partial charge is 1.00 e. The Morgan fingerprint density at radius 2 is 1.59 bits per heavy atom. The van der Waals surface area contributed by atoms with E-state index in [1.54, 1.807) is 0 Å². The molecule has 1 aromatic heterocycles. The molecule has 0 aliphatic carbocycles. The second-order valence-electron chi connectivity index (χ2n) is 3.11. The monoisotopic (exact) mass is 317 g/mol. The Kier molecular flexibility index (Phi) is 33.8. The van der Waals surface area contributed by atoms with Crippen molar-refractivity contribution in [1.82, 2.24) is 4.98 Å². The van der Waals surface area contributed by atoms with Crippen LogP contribution >= 0.6 is 0 Å². The zero-order valence-electron chi connectivity index (χ0n) is 10.1. The molecule has 0 fully saturated rings. The number of halogens is 2. The Labute approximate surface area is 131 Å². The number of hydrogen-bond acceptors (Lipinski definition) is 0. The summed E-state index contributed by atoms with van der Waals surface area (Å²) in [4.78, 5) is 3.27. The molecule has 0 amide bonds. The molecule has 0 aliphatic heterocycles. The Balaban J connectivity index is -0.0000000960. The SMILES string of the molecule is C[CH-]CC(C[CH-]C)c1ccc[nH]1.O.O.[Cl-].[Cl-].[Ti+4]. The minimum Gasteiger partial charge on any atom is -1.00 e. The molecule has 17 heavy (non-hydrogen) atoms. The minimum absolute atomic E-state index is 0. The van der Waals surface area contributed by atoms with Gasteiger partial charge in [0.1, 0.15) is 0 Å². The van der Waals surface area contributed by atoms with Crippen molar-refractivity contribution < 1.29 is 57.5 Å². The predicted molar refractivity (Wildman–Crippen MR) is 59.9 cm³/mol. The van der Waals surface area contributed by atoms with Crippen LogP contribution in [0, 0.1) is 12.8 Å². The van der Waals surface area contributed by atoms with Gasteiger partial charge in [-0.1, -0.05) is 5.92 Å². The van der Waals surface area contributed by atoms with E-state index in [4.69, 9.17) is 0 Å². The molecule has 0 saturated heterocycles. The fourth-order valence-electron chi connectivity index (χ4n) is 1.52. The van der Waals surface area contributed by atoms with Crippen molar-refractivity contribution >= 4 is 0 Å². The summed E-state index contributed by atoms with van der Waals surface area (Å²) < 4.78 is 0. The third kappa shape index (κ3) is 11.3. The first-order chi connectivity index (χ1) is 5.88. The number of aromatic nitrogens is 1. The van der Waals surface area contributed by atoms with Gasteiger partial charge in [0.25, 0.3) is 0 Å². The summed E-state index contributed by atoms with van der Waals surface area (Å²) in [6.07, 6.45) is 8.77. The number of hydrogen-bond donors (Lipinski definition) is 1. The van der Waals surface area contributed by atoms with E-state index in [2.05, 4.69) is 43.8 Å². The quantitative estimate of drug-likeness (QED) is 0.421. The Morgan fingerprint density at radius 1 is 1.12 bits per heavy atom. The molecule has 0 bridgehead atoms. The van der Waals surface area contributed by atoms with Crippen LogP contribution in [0.2, 0.25) is 0 Å². The van der Waals surface area contributed by atoms with Gasteiger partial charge in [0.15, 0.2) is 0 Å². The predicted octanol–water partition coefficient (Wildman–Crippen LogP) is -4.32. The van der Waals surface area contributed by atoms with Crippen LogP contribution in [-0.4, -0.2) is 15.9 Å². The Morgan fingerprint density at radius 3 is 1.88 bits per heavy atom. The maximum Gasteiger partial charge on any atom is 4.00 e. The molecule has 1 heterocycles. The number of H-pyrrole nitrogens is 1. The molecule has 0 unspecified atom stereocenters. The summed E-state index contributed by atoms with van der Waals surface area (Å²) in [6.45, 7) is 4.23. The van der Waals surface area contributed by atoms with Gasteiger partial charge in [-0.2, -0.15) is 26.7 Å². The van der Waals surface area contributed by atoms with Gasteiger partial charge in [-0.05, 0) is 12.1 Å². The summed E-state index contributed by atoms with van der Waals surface area (Å²) >= 11 is 0. The molecule has 5 N–H and O–H groups in total. The number of nitrogens with one attached hydrogen (secondary N) is 1. The average molecular weight is 318 g/mol. The maximum atomic E-state index is 3.27. The van der Waals surface area contributed by atoms with Crippen LogP contribution in [0.5, 0.6) is 0 Å². The second-order valence-corrected chi connectivity index (χ2v) is 3.11. The van der Waals surface area contributed by atoms with E-state index < -0.39 is 0 Å². The van der Waals surface area contributed by atoms with Gasteiger partial charge in [0.05, 0.1) is 0 Å². The Hall–Kier alpha value is 0.494. The Bertz CT molecular complexity index is 205. The summed E-state index contributed by atoms with van der Waals surface area (Å²) in [5.74, 6) is 0.648. The van der Waals surface area contributed by atoms with Crippen LogP contribution in [-0.2, 0) is 21.7 Å². The fraction of sp³-hybridized carbons (Fsp3) is 0.455. The maximum absolute atomic E-state index is 3.27. The van der Waals surface area contributed by atoms with Crippen LogP contribution in [0.3, 0.4) is 0 Å². The molecular formula is C11H21Cl2NO2Ti. The van der Waals surface area contributed by atoms with Gasteiger partial charge in [-0.3, -0.25) is 0 Å². The van der Waals surface area contributed by atoms with Crippen LogP contribution < -0.4 is 24.8 Å². The first kappa shape index (κ1) is 30.5. The van der Waals surface area contributed by atoms with Crippen molar-refractivity contribution in [3.8, 4) is 0 Å². The van der Waals surface area contributed by atoms with Crippen molar-refractivity contribution in [2.45, 2.75) is 32.6 Å². The van der Waals surface area contributed by atoms with Gasteiger partial charge in [0.2, 0.25) is 0 Å². The third-order valence-electron chi connectivity index (χ3n) is 2.10. The van der Waals surface area contributed by atoms with Crippen LogP contribution in [0.15, 0.2) is 18.3 Å². The normalized spacial score (nSPS) is 7.71. The molecule has 0 aromatic carbocycles. The van der Waals surface area contributed by atoms with Crippen molar-refractivity contribution in [2.24, 2.45) is 0 Å². The van der Waals surface area contributed by atoms with Crippen LogP contribution in [0.4, 0.5) is 0 Å². The first-order valence-electron chi connectivity index (χ1n) is 4.57. The van der Waals surface area contributed by atoms with Crippen molar-refractivity contribution in [2.75, 3.05) is 0 Å². The van der Waals surface area contributed by atoms with E-state index in [1.807, 2.05) is 6.20 Å². The summed E-state index contributed by atoms with van der Waals surface area (Å²) in [5, 5.41) is 0. The molecule has 0 radical (unpaired) electrons. The zero-order chi connectivity index (χ0) is 8.81. The molecule has 0 aliphatic rings. The molecule has 100 valence electrons. The molecule has 6 heteroatoms. The van der Waals surface area contributed by atoms with Crippen LogP contribution in [0.25, 0.3) is 0 Å². The van der Waals surface area contributed by atoms with E-state index >= 15 is 0 Å². The molecular weight excluding hydrogens is 297 g/mol. The average Bonchev–Trinajstić information content (AvgIpc) is 2.56. The van der Waals surface area contributed by atoms with E-state index in [1.165, 1.54) is 5.69 Å².